The first-order valence-electron chi connectivity index (χ1n) is 9.66. The fraction of sp³-hybridized carbons (Fsp3) is 0.476. The molecule has 9 nitrogen and oxygen atoms in total. The number of esters is 2. The number of fused-ring (bicyclic) bond motifs is 1. The van der Waals surface area contributed by atoms with E-state index in [-0.39, 0.29) is 48.2 Å². The van der Waals surface area contributed by atoms with Gasteiger partial charge in [0, 0.05) is 31.4 Å². The standard InChI is InChI=1S/C21H27NO8/c1-13-6-4-3-5-7-15(22-29-12-19(26)28-2)10-16(23)8-14-9-17(24)11-18(25)20(14)21(27)30-13/h3-4,9,11,13,15,22,24-25H,5-8,10,12H2,1-2H3/b4-3+. The van der Waals surface area contributed by atoms with Crippen molar-refractivity contribution in [1.82, 2.24) is 5.48 Å². The second-order valence-corrected chi connectivity index (χ2v) is 7.10. The van der Waals surface area contributed by atoms with Gasteiger partial charge in [0.25, 0.3) is 0 Å². The minimum Gasteiger partial charge on any atom is -0.508 e. The van der Waals surface area contributed by atoms with Crippen LogP contribution in [0.3, 0.4) is 0 Å². The van der Waals surface area contributed by atoms with E-state index in [0.29, 0.717) is 19.3 Å². The summed E-state index contributed by atoms with van der Waals surface area (Å²) in [7, 11) is 1.25. The van der Waals surface area contributed by atoms with Crippen molar-refractivity contribution < 1.29 is 38.9 Å². The van der Waals surface area contributed by atoms with Crippen LogP contribution in [0.5, 0.6) is 11.5 Å². The van der Waals surface area contributed by atoms with Gasteiger partial charge in [0.2, 0.25) is 0 Å². The highest BCUT2D eigenvalue weighted by atomic mass is 16.7. The van der Waals surface area contributed by atoms with Crippen molar-refractivity contribution in [2.24, 2.45) is 0 Å². The van der Waals surface area contributed by atoms with E-state index in [0.717, 1.165) is 6.07 Å². The Balaban J connectivity index is 2.23. The number of cyclic esters (lactones) is 1. The summed E-state index contributed by atoms with van der Waals surface area (Å²) in [6.45, 7) is 1.42. The molecule has 1 heterocycles. The number of benzene rings is 1. The Labute approximate surface area is 174 Å². The van der Waals surface area contributed by atoms with Crippen LogP contribution in [0.1, 0.15) is 48.5 Å². The summed E-state index contributed by atoms with van der Waals surface area (Å²) in [5.41, 5.74) is 2.75. The Morgan fingerprint density at radius 2 is 2.03 bits per heavy atom. The molecule has 0 aliphatic carbocycles. The SMILES string of the molecule is COC(=O)CONC1CC/C=C/CC(C)OC(=O)c2c(O)cc(O)cc2CC(=O)C1. The van der Waals surface area contributed by atoms with Crippen LogP contribution in [0.2, 0.25) is 0 Å². The van der Waals surface area contributed by atoms with E-state index < -0.39 is 23.8 Å². The lowest BCUT2D eigenvalue weighted by Crippen LogP contribution is -2.34. The van der Waals surface area contributed by atoms with Gasteiger partial charge in [0.05, 0.1) is 7.11 Å². The number of phenolic OH excluding ortho intramolecular Hbond substituents is 2. The van der Waals surface area contributed by atoms with Gasteiger partial charge in [-0.25, -0.2) is 9.59 Å². The minimum absolute atomic E-state index is 0.0519. The lowest BCUT2D eigenvalue weighted by Gasteiger charge is -2.19. The number of hydroxylamine groups is 1. The zero-order valence-corrected chi connectivity index (χ0v) is 17.1. The predicted molar refractivity (Wildman–Crippen MR) is 106 cm³/mol. The highest BCUT2D eigenvalue weighted by Crippen LogP contribution is 2.29. The molecule has 9 heteroatoms. The van der Waals surface area contributed by atoms with Gasteiger partial charge in [-0.1, -0.05) is 12.2 Å². The van der Waals surface area contributed by atoms with Crippen LogP contribution in [0, 0.1) is 0 Å². The Bertz CT molecular complexity index is 804. The largest absolute Gasteiger partial charge is 0.508 e. The number of aromatic hydroxyl groups is 2. The number of ketones is 1. The van der Waals surface area contributed by atoms with Crippen molar-refractivity contribution >= 4 is 17.7 Å². The number of allylic oxidation sites excluding steroid dienone is 1. The fourth-order valence-corrected chi connectivity index (χ4v) is 3.08. The highest BCUT2D eigenvalue weighted by molar-refractivity contribution is 5.96. The lowest BCUT2D eigenvalue weighted by molar-refractivity contribution is -0.149. The van der Waals surface area contributed by atoms with Crippen molar-refractivity contribution in [3.05, 3.63) is 35.4 Å². The first-order valence-corrected chi connectivity index (χ1v) is 9.66. The van der Waals surface area contributed by atoms with Gasteiger partial charge in [-0.15, -0.1) is 0 Å². The zero-order chi connectivity index (χ0) is 22.1. The molecule has 0 fully saturated rings. The van der Waals surface area contributed by atoms with Crippen LogP contribution in [0.15, 0.2) is 24.3 Å². The number of nitrogens with one attached hydrogen (secondary N) is 1. The van der Waals surface area contributed by atoms with E-state index in [1.54, 1.807) is 6.92 Å². The minimum atomic E-state index is -0.760. The number of rotatable bonds is 4. The summed E-state index contributed by atoms with van der Waals surface area (Å²) in [6, 6.07) is 1.91. The van der Waals surface area contributed by atoms with Gasteiger partial charge in [0.15, 0.2) is 6.61 Å². The number of Topliss-reactive ketones (excluding diaryl/α,β-unsaturated/α-hetero) is 1. The molecule has 2 rings (SSSR count). The molecule has 164 valence electrons. The van der Waals surface area contributed by atoms with Gasteiger partial charge >= 0.3 is 11.9 Å². The van der Waals surface area contributed by atoms with Crippen molar-refractivity contribution in [3.63, 3.8) is 0 Å². The third-order valence-corrected chi connectivity index (χ3v) is 4.54. The van der Waals surface area contributed by atoms with Crippen molar-refractivity contribution in [1.29, 1.82) is 0 Å². The van der Waals surface area contributed by atoms with Crippen LogP contribution >= 0.6 is 0 Å². The van der Waals surface area contributed by atoms with Gasteiger partial charge < -0.3 is 19.7 Å². The van der Waals surface area contributed by atoms with Crippen molar-refractivity contribution in [2.45, 2.75) is 51.2 Å². The Kier molecular flexibility index (Phi) is 8.82. The van der Waals surface area contributed by atoms with Crippen molar-refractivity contribution in [3.8, 4) is 11.5 Å². The van der Waals surface area contributed by atoms with Gasteiger partial charge in [-0.2, -0.15) is 5.48 Å². The second-order valence-electron chi connectivity index (χ2n) is 7.10. The molecule has 2 atom stereocenters. The van der Waals surface area contributed by atoms with Crippen LogP contribution in [0.4, 0.5) is 0 Å². The summed E-state index contributed by atoms with van der Waals surface area (Å²) >= 11 is 0. The molecule has 0 amide bonds. The molecule has 1 aliphatic rings. The van der Waals surface area contributed by atoms with Crippen LogP contribution < -0.4 is 5.48 Å². The van der Waals surface area contributed by atoms with Crippen LogP contribution in [0.25, 0.3) is 0 Å². The normalized spacial score (nSPS) is 21.8. The molecule has 1 aromatic carbocycles. The highest BCUT2D eigenvalue weighted by Gasteiger charge is 2.24. The molecule has 1 aromatic rings. The number of hydrogen-bond acceptors (Lipinski definition) is 9. The predicted octanol–water partition coefficient (Wildman–Crippen LogP) is 1.95. The number of ether oxygens (including phenoxy) is 2. The Hall–Kier alpha value is -2.91. The molecular weight excluding hydrogens is 394 g/mol. The van der Waals surface area contributed by atoms with E-state index in [1.807, 2.05) is 12.2 Å². The number of methoxy groups -OCH3 is 1. The van der Waals surface area contributed by atoms with Gasteiger partial charge in [0.1, 0.15) is 28.9 Å². The topological polar surface area (TPSA) is 131 Å². The zero-order valence-electron chi connectivity index (χ0n) is 17.1. The number of carbonyl (C=O) groups is 3. The summed E-state index contributed by atoms with van der Waals surface area (Å²) in [5.74, 6) is -2.28. The molecule has 0 radical (unpaired) electrons. The van der Waals surface area contributed by atoms with E-state index >= 15 is 0 Å². The molecule has 30 heavy (non-hydrogen) atoms. The average Bonchev–Trinajstić information content (AvgIpc) is 2.65. The molecule has 0 saturated carbocycles. The molecule has 0 spiro atoms. The molecule has 1 aliphatic heterocycles. The number of phenols is 2. The molecule has 3 N–H and O–H groups in total. The van der Waals surface area contributed by atoms with E-state index in [9.17, 15) is 24.6 Å². The third kappa shape index (κ3) is 7.16. The smallest absolute Gasteiger partial charge is 0.342 e. The first-order chi connectivity index (χ1) is 14.3. The van der Waals surface area contributed by atoms with E-state index in [2.05, 4.69) is 10.2 Å². The first kappa shape index (κ1) is 23.4. The molecule has 2 unspecified atom stereocenters. The third-order valence-electron chi connectivity index (χ3n) is 4.54. The van der Waals surface area contributed by atoms with E-state index in [4.69, 9.17) is 9.57 Å². The molecular formula is C21H27NO8. The summed E-state index contributed by atoms with van der Waals surface area (Å²) < 4.78 is 9.87. The summed E-state index contributed by atoms with van der Waals surface area (Å²) in [6.07, 6.45) is 4.90. The monoisotopic (exact) mass is 421 g/mol. The Morgan fingerprint density at radius 1 is 1.27 bits per heavy atom. The maximum absolute atomic E-state index is 12.7. The maximum atomic E-state index is 12.7. The second kappa shape index (κ2) is 11.3. The summed E-state index contributed by atoms with van der Waals surface area (Å²) in [4.78, 5) is 41.5. The van der Waals surface area contributed by atoms with E-state index in [1.165, 1.54) is 13.2 Å². The van der Waals surface area contributed by atoms with Crippen LogP contribution in [-0.2, 0) is 30.3 Å². The lowest BCUT2D eigenvalue weighted by atomic mass is 9.96. The molecule has 0 saturated heterocycles. The molecule has 0 aromatic heterocycles. The fourth-order valence-electron chi connectivity index (χ4n) is 3.08. The van der Waals surface area contributed by atoms with Crippen LogP contribution in [-0.4, -0.2) is 53.8 Å². The Morgan fingerprint density at radius 3 is 2.77 bits per heavy atom. The van der Waals surface area contributed by atoms with Crippen molar-refractivity contribution in [2.75, 3.05) is 13.7 Å². The average molecular weight is 421 g/mol. The van der Waals surface area contributed by atoms with Gasteiger partial charge in [-0.3, -0.25) is 9.63 Å². The number of hydrogen-bond donors (Lipinski definition) is 3. The van der Waals surface area contributed by atoms with Gasteiger partial charge in [-0.05, 0) is 31.4 Å². The quantitative estimate of drug-likeness (QED) is 0.379. The molecule has 0 bridgehead atoms. The number of carbonyl (C=O) groups excluding carboxylic acids is 3. The summed E-state index contributed by atoms with van der Waals surface area (Å²) in [5, 5.41) is 20.0. The maximum Gasteiger partial charge on any atom is 0.342 e.